The van der Waals surface area contributed by atoms with Crippen molar-refractivity contribution in [1.82, 2.24) is 15.5 Å². The third-order valence-electron chi connectivity index (χ3n) is 4.90. The molecule has 0 spiro atoms. The standard InChI is InChI=1S/C18H30N4O8/c1-8(2)13(19)16(27)20-10(7-12(24)25)17(28)22-6-4-5-11(22)15(26)21-14(9(3)23)18(29)30/h8-11,13-14,23H,4-7,19H2,1-3H3,(H,20,27)(H,21,26)(H,24,25)(H,29,30). The van der Waals surface area contributed by atoms with Crippen LogP contribution in [0.2, 0.25) is 0 Å². The van der Waals surface area contributed by atoms with Crippen molar-refractivity contribution < 1.29 is 39.3 Å². The maximum Gasteiger partial charge on any atom is 0.328 e. The molecule has 1 saturated heterocycles. The third-order valence-corrected chi connectivity index (χ3v) is 4.90. The molecule has 0 bridgehead atoms. The number of carbonyl (C=O) groups is 5. The molecule has 1 aliphatic heterocycles. The van der Waals surface area contributed by atoms with Crippen LogP contribution in [0.3, 0.4) is 0 Å². The first-order chi connectivity index (χ1) is 13.9. The number of carboxylic acid groups (broad SMARTS) is 2. The summed E-state index contributed by atoms with van der Waals surface area (Å²) < 4.78 is 0. The Balaban J connectivity index is 2.99. The third kappa shape index (κ3) is 6.66. The van der Waals surface area contributed by atoms with E-state index >= 15 is 0 Å². The second kappa shape index (κ2) is 10.9. The van der Waals surface area contributed by atoms with Crippen molar-refractivity contribution in [3.05, 3.63) is 0 Å². The zero-order chi connectivity index (χ0) is 23.2. The number of amides is 3. The number of nitrogens with zero attached hydrogens (tertiary/aromatic N) is 1. The highest BCUT2D eigenvalue weighted by Gasteiger charge is 2.40. The van der Waals surface area contributed by atoms with Crippen molar-refractivity contribution >= 4 is 29.7 Å². The summed E-state index contributed by atoms with van der Waals surface area (Å²) >= 11 is 0. The zero-order valence-electron chi connectivity index (χ0n) is 17.2. The molecule has 1 heterocycles. The molecular formula is C18H30N4O8. The predicted octanol–water partition coefficient (Wildman–Crippen LogP) is -2.13. The topological polar surface area (TPSA) is 199 Å². The van der Waals surface area contributed by atoms with Crippen LogP contribution in [0, 0.1) is 5.92 Å². The van der Waals surface area contributed by atoms with Crippen molar-refractivity contribution in [2.45, 2.75) is 70.3 Å². The Morgan fingerprint density at radius 1 is 1.10 bits per heavy atom. The smallest absolute Gasteiger partial charge is 0.328 e. The van der Waals surface area contributed by atoms with E-state index in [1.165, 1.54) is 6.92 Å². The fraction of sp³-hybridized carbons (Fsp3) is 0.722. The first-order valence-electron chi connectivity index (χ1n) is 9.66. The minimum atomic E-state index is -1.56. The molecule has 12 nitrogen and oxygen atoms in total. The molecule has 3 amide bonds. The number of carbonyl (C=O) groups excluding carboxylic acids is 3. The van der Waals surface area contributed by atoms with Gasteiger partial charge in [-0.1, -0.05) is 13.8 Å². The van der Waals surface area contributed by atoms with Gasteiger partial charge < -0.3 is 36.6 Å². The number of nitrogens with one attached hydrogen (secondary N) is 2. The Morgan fingerprint density at radius 2 is 1.70 bits per heavy atom. The van der Waals surface area contributed by atoms with Gasteiger partial charge in [0, 0.05) is 6.54 Å². The molecule has 1 rings (SSSR count). The number of aliphatic hydroxyl groups excluding tert-OH is 1. The van der Waals surface area contributed by atoms with E-state index in [2.05, 4.69) is 10.6 Å². The van der Waals surface area contributed by atoms with Crippen LogP contribution in [-0.4, -0.2) is 86.7 Å². The molecule has 1 aliphatic rings. The van der Waals surface area contributed by atoms with E-state index in [-0.39, 0.29) is 18.9 Å². The summed E-state index contributed by atoms with van der Waals surface area (Å²) in [5.74, 6) is -5.26. The van der Waals surface area contributed by atoms with Gasteiger partial charge in [0.25, 0.3) is 0 Å². The van der Waals surface area contributed by atoms with Crippen LogP contribution in [0.25, 0.3) is 0 Å². The van der Waals surface area contributed by atoms with Gasteiger partial charge in [-0.15, -0.1) is 0 Å². The first kappa shape index (κ1) is 25.3. The maximum atomic E-state index is 12.9. The fourth-order valence-corrected chi connectivity index (χ4v) is 3.09. The normalized spacial score (nSPS) is 20.2. The maximum absolute atomic E-state index is 12.9. The van der Waals surface area contributed by atoms with Gasteiger partial charge in [0.15, 0.2) is 6.04 Å². The second-order valence-corrected chi connectivity index (χ2v) is 7.68. The average molecular weight is 430 g/mol. The molecule has 170 valence electrons. The van der Waals surface area contributed by atoms with Gasteiger partial charge >= 0.3 is 11.9 Å². The van der Waals surface area contributed by atoms with Crippen LogP contribution in [0.15, 0.2) is 0 Å². The van der Waals surface area contributed by atoms with Gasteiger partial charge in [0.05, 0.1) is 18.6 Å². The van der Waals surface area contributed by atoms with E-state index in [9.17, 15) is 29.1 Å². The summed E-state index contributed by atoms with van der Waals surface area (Å²) in [4.78, 5) is 61.2. The molecular weight excluding hydrogens is 400 g/mol. The highest BCUT2D eigenvalue weighted by Crippen LogP contribution is 2.20. The number of carboxylic acids is 2. The zero-order valence-corrected chi connectivity index (χ0v) is 17.2. The van der Waals surface area contributed by atoms with Crippen molar-refractivity contribution in [2.24, 2.45) is 11.7 Å². The molecule has 0 radical (unpaired) electrons. The molecule has 5 unspecified atom stereocenters. The van der Waals surface area contributed by atoms with Crippen molar-refractivity contribution in [2.75, 3.05) is 6.54 Å². The monoisotopic (exact) mass is 430 g/mol. The molecule has 0 aromatic rings. The summed E-state index contributed by atoms with van der Waals surface area (Å²) in [7, 11) is 0. The van der Waals surface area contributed by atoms with Crippen molar-refractivity contribution in [3.8, 4) is 0 Å². The lowest BCUT2D eigenvalue weighted by Crippen LogP contribution is -2.58. The molecule has 30 heavy (non-hydrogen) atoms. The van der Waals surface area contributed by atoms with Crippen LogP contribution in [0.1, 0.15) is 40.0 Å². The number of likely N-dealkylation sites (tertiary alicyclic amines) is 1. The molecule has 0 aromatic heterocycles. The van der Waals surface area contributed by atoms with Gasteiger partial charge in [0.2, 0.25) is 17.7 Å². The lowest BCUT2D eigenvalue weighted by Gasteiger charge is -2.30. The Bertz CT molecular complexity index is 681. The Kier molecular flexibility index (Phi) is 9.18. The molecule has 12 heteroatoms. The molecule has 1 fully saturated rings. The number of nitrogens with two attached hydrogens (primary N) is 1. The number of rotatable bonds is 10. The second-order valence-electron chi connectivity index (χ2n) is 7.68. The molecule has 0 saturated carbocycles. The van der Waals surface area contributed by atoms with Gasteiger partial charge in [0.1, 0.15) is 12.1 Å². The van der Waals surface area contributed by atoms with Gasteiger partial charge in [-0.25, -0.2) is 4.79 Å². The summed E-state index contributed by atoms with van der Waals surface area (Å²) in [6, 6.07) is -4.99. The molecule has 7 N–H and O–H groups in total. The quantitative estimate of drug-likeness (QED) is 0.224. The Morgan fingerprint density at radius 3 is 2.17 bits per heavy atom. The predicted molar refractivity (Wildman–Crippen MR) is 103 cm³/mol. The van der Waals surface area contributed by atoms with Gasteiger partial charge in [-0.2, -0.15) is 0 Å². The van der Waals surface area contributed by atoms with Crippen molar-refractivity contribution in [1.29, 1.82) is 0 Å². The van der Waals surface area contributed by atoms with Gasteiger partial charge in [-0.3, -0.25) is 19.2 Å². The van der Waals surface area contributed by atoms with Crippen LogP contribution >= 0.6 is 0 Å². The van der Waals surface area contributed by atoms with Crippen LogP contribution < -0.4 is 16.4 Å². The van der Waals surface area contributed by atoms with E-state index in [0.29, 0.717) is 6.42 Å². The van der Waals surface area contributed by atoms with Crippen LogP contribution in [0.5, 0.6) is 0 Å². The van der Waals surface area contributed by atoms with E-state index in [0.717, 1.165) is 4.90 Å². The van der Waals surface area contributed by atoms with Crippen LogP contribution in [-0.2, 0) is 24.0 Å². The van der Waals surface area contributed by atoms with Gasteiger partial charge in [-0.05, 0) is 25.7 Å². The summed E-state index contributed by atoms with van der Waals surface area (Å²) in [6.07, 6.45) is -1.42. The van der Waals surface area contributed by atoms with E-state index < -0.39 is 66.4 Å². The lowest BCUT2D eigenvalue weighted by molar-refractivity contribution is -0.148. The van der Waals surface area contributed by atoms with E-state index in [4.69, 9.17) is 15.9 Å². The minimum absolute atomic E-state index is 0.131. The minimum Gasteiger partial charge on any atom is -0.481 e. The van der Waals surface area contributed by atoms with Crippen LogP contribution in [0.4, 0.5) is 0 Å². The Labute approximate surface area is 173 Å². The fourth-order valence-electron chi connectivity index (χ4n) is 3.09. The largest absolute Gasteiger partial charge is 0.481 e. The number of aliphatic carboxylic acids is 2. The average Bonchev–Trinajstić information content (AvgIpc) is 3.12. The molecule has 0 aliphatic carbocycles. The first-order valence-corrected chi connectivity index (χ1v) is 9.66. The van der Waals surface area contributed by atoms with E-state index in [1.807, 2.05) is 0 Å². The molecule has 0 aromatic carbocycles. The highest BCUT2D eigenvalue weighted by atomic mass is 16.4. The van der Waals surface area contributed by atoms with Crippen molar-refractivity contribution in [3.63, 3.8) is 0 Å². The number of hydrogen-bond acceptors (Lipinski definition) is 7. The SMILES string of the molecule is CC(C)C(N)C(=O)NC(CC(=O)O)C(=O)N1CCCC1C(=O)NC(C(=O)O)C(C)O. The summed E-state index contributed by atoms with van der Waals surface area (Å²) in [6.45, 7) is 4.72. The lowest BCUT2D eigenvalue weighted by atomic mass is 10.0. The number of hydrogen-bond donors (Lipinski definition) is 6. The highest BCUT2D eigenvalue weighted by molar-refractivity contribution is 5.96. The molecule has 5 atom stereocenters. The Hall–Kier alpha value is -2.73. The summed E-state index contributed by atoms with van der Waals surface area (Å²) in [5, 5.41) is 32.3. The van der Waals surface area contributed by atoms with E-state index in [1.54, 1.807) is 13.8 Å². The number of aliphatic hydroxyl groups is 1. The summed E-state index contributed by atoms with van der Waals surface area (Å²) in [5.41, 5.74) is 5.75.